The van der Waals surface area contributed by atoms with Crippen LogP contribution >= 0.6 is 0 Å². The summed E-state index contributed by atoms with van der Waals surface area (Å²) in [5, 5.41) is 5.28. The number of rotatable bonds is 4. The van der Waals surface area contributed by atoms with E-state index in [1.807, 2.05) is 26.0 Å². The number of alkyl carbamates (subject to hydrolysis) is 2. The molecule has 0 saturated heterocycles. The zero-order valence-corrected chi connectivity index (χ0v) is 12.2. The number of hydrogen-bond donors (Lipinski definition) is 2. The second kappa shape index (κ2) is 7.37. The second-order valence-electron chi connectivity index (χ2n) is 4.40. The predicted octanol–water partition coefficient (Wildman–Crippen LogP) is 2.02. The van der Waals surface area contributed by atoms with Crippen LogP contribution in [0.5, 0.6) is 0 Å². The molecule has 0 aromatic heterocycles. The van der Waals surface area contributed by atoms with Gasteiger partial charge in [-0.05, 0) is 36.1 Å². The van der Waals surface area contributed by atoms with E-state index < -0.39 is 12.2 Å². The number of benzene rings is 1. The summed E-state index contributed by atoms with van der Waals surface area (Å²) in [6.07, 6.45) is -0.946. The van der Waals surface area contributed by atoms with Gasteiger partial charge in [0, 0.05) is 13.1 Å². The van der Waals surface area contributed by atoms with Gasteiger partial charge in [-0.25, -0.2) is 9.59 Å². The van der Waals surface area contributed by atoms with Crippen LogP contribution in [0.3, 0.4) is 0 Å². The largest absolute Gasteiger partial charge is 0.453 e. The lowest BCUT2D eigenvalue weighted by atomic mass is 10.00. The SMILES string of the molecule is COC(=O)NCc1cc(CNC(=O)OC)c(C)cc1C. The number of carbonyl (C=O) groups is 2. The highest BCUT2D eigenvalue weighted by molar-refractivity contribution is 5.67. The molecule has 0 fully saturated rings. The van der Waals surface area contributed by atoms with Crippen molar-refractivity contribution in [1.29, 1.82) is 0 Å². The third-order valence-electron chi connectivity index (χ3n) is 3.01. The number of hydrogen-bond acceptors (Lipinski definition) is 4. The maximum atomic E-state index is 11.1. The van der Waals surface area contributed by atoms with Crippen LogP contribution in [0.1, 0.15) is 22.3 Å². The van der Waals surface area contributed by atoms with Gasteiger partial charge in [0.2, 0.25) is 0 Å². The first-order valence-electron chi connectivity index (χ1n) is 6.20. The van der Waals surface area contributed by atoms with Crippen molar-refractivity contribution in [3.05, 3.63) is 34.4 Å². The summed E-state index contributed by atoms with van der Waals surface area (Å²) in [6, 6.07) is 3.97. The quantitative estimate of drug-likeness (QED) is 0.884. The third-order valence-corrected chi connectivity index (χ3v) is 3.01. The van der Waals surface area contributed by atoms with E-state index in [1.54, 1.807) is 0 Å². The molecule has 6 nitrogen and oxygen atoms in total. The molecule has 2 amide bonds. The van der Waals surface area contributed by atoms with Crippen LogP contribution in [0.25, 0.3) is 0 Å². The molecule has 6 heteroatoms. The smallest absolute Gasteiger partial charge is 0.407 e. The first-order valence-corrected chi connectivity index (χ1v) is 6.20. The monoisotopic (exact) mass is 280 g/mol. The number of amides is 2. The zero-order chi connectivity index (χ0) is 15.1. The average molecular weight is 280 g/mol. The third kappa shape index (κ3) is 4.46. The number of carbonyl (C=O) groups excluding carboxylic acids is 2. The maximum Gasteiger partial charge on any atom is 0.407 e. The van der Waals surface area contributed by atoms with Crippen LogP contribution in [0.2, 0.25) is 0 Å². The zero-order valence-electron chi connectivity index (χ0n) is 12.2. The Morgan fingerprint density at radius 2 is 1.30 bits per heavy atom. The van der Waals surface area contributed by atoms with Gasteiger partial charge in [0.05, 0.1) is 14.2 Å². The Bertz CT molecular complexity index is 459. The molecule has 0 aliphatic heterocycles. The molecule has 0 bridgehead atoms. The van der Waals surface area contributed by atoms with Gasteiger partial charge in [0.1, 0.15) is 0 Å². The molecule has 0 heterocycles. The number of methoxy groups -OCH3 is 2. The normalized spacial score (nSPS) is 9.80. The Hall–Kier alpha value is -2.24. The van der Waals surface area contributed by atoms with E-state index in [1.165, 1.54) is 14.2 Å². The Morgan fingerprint density at radius 1 is 0.900 bits per heavy atom. The van der Waals surface area contributed by atoms with Crippen molar-refractivity contribution in [3.63, 3.8) is 0 Å². The van der Waals surface area contributed by atoms with E-state index in [0.717, 1.165) is 22.3 Å². The summed E-state index contributed by atoms with van der Waals surface area (Å²) in [7, 11) is 2.64. The first-order chi connectivity index (χ1) is 9.47. The fourth-order valence-electron chi connectivity index (χ4n) is 1.81. The lowest BCUT2D eigenvalue weighted by Crippen LogP contribution is -2.24. The van der Waals surface area contributed by atoms with Crippen LogP contribution in [0.15, 0.2) is 12.1 Å². The van der Waals surface area contributed by atoms with Crippen molar-refractivity contribution < 1.29 is 19.1 Å². The van der Waals surface area contributed by atoms with Crippen LogP contribution in [0, 0.1) is 13.8 Å². The molecule has 0 aliphatic rings. The predicted molar refractivity (Wildman–Crippen MR) is 74.4 cm³/mol. The van der Waals surface area contributed by atoms with Crippen molar-refractivity contribution in [2.45, 2.75) is 26.9 Å². The standard InChI is InChI=1S/C14H20N2O4/c1-9-5-10(2)12(8-16-14(18)20-4)6-11(9)7-15-13(17)19-3/h5-6H,7-8H2,1-4H3,(H,15,17)(H,16,18). The number of aryl methyl sites for hydroxylation is 2. The molecule has 0 spiro atoms. The van der Waals surface area contributed by atoms with E-state index in [-0.39, 0.29) is 0 Å². The fourth-order valence-corrected chi connectivity index (χ4v) is 1.81. The minimum absolute atomic E-state index is 0.379. The average Bonchev–Trinajstić information content (AvgIpc) is 2.44. The van der Waals surface area contributed by atoms with Crippen molar-refractivity contribution in [2.24, 2.45) is 0 Å². The number of nitrogens with one attached hydrogen (secondary N) is 2. The summed E-state index contributed by atoms with van der Waals surface area (Å²) in [5.41, 5.74) is 4.09. The Labute approximate surface area is 118 Å². The van der Waals surface area contributed by atoms with Crippen molar-refractivity contribution >= 4 is 12.2 Å². The molecule has 0 radical (unpaired) electrons. The second-order valence-corrected chi connectivity index (χ2v) is 4.40. The van der Waals surface area contributed by atoms with Crippen LogP contribution < -0.4 is 10.6 Å². The summed E-state index contributed by atoms with van der Waals surface area (Å²) in [4.78, 5) is 22.2. The van der Waals surface area contributed by atoms with Gasteiger partial charge in [-0.3, -0.25) is 0 Å². The van der Waals surface area contributed by atoms with Gasteiger partial charge in [-0.1, -0.05) is 12.1 Å². The number of ether oxygens (including phenoxy) is 2. The van der Waals surface area contributed by atoms with E-state index in [4.69, 9.17) is 0 Å². The van der Waals surface area contributed by atoms with E-state index in [0.29, 0.717) is 13.1 Å². The highest BCUT2D eigenvalue weighted by atomic mass is 16.5. The minimum Gasteiger partial charge on any atom is -0.453 e. The summed E-state index contributed by atoms with van der Waals surface area (Å²) >= 11 is 0. The molecular formula is C14H20N2O4. The van der Waals surface area contributed by atoms with Gasteiger partial charge in [0.25, 0.3) is 0 Å². The van der Waals surface area contributed by atoms with Crippen molar-refractivity contribution in [1.82, 2.24) is 10.6 Å². The Morgan fingerprint density at radius 3 is 1.65 bits per heavy atom. The molecule has 1 rings (SSSR count). The summed E-state index contributed by atoms with van der Waals surface area (Å²) in [5.74, 6) is 0. The van der Waals surface area contributed by atoms with Gasteiger partial charge in [0.15, 0.2) is 0 Å². The molecule has 0 unspecified atom stereocenters. The molecule has 1 aromatic carbocycles. The summed E-state index contributed by atoms with van der Waals surface area (Å²) < 4.78 is 9.07. The topological polar surface area (TPSA) is 76.7 Å². The molecular weight excluding hydrogens is 260 g/mol. The van der Waals surface area contributed by atoms with Gasteiger partial charge < -0.3 is 20.1 Å². The van der Waals surface area contributed by atoms with E-state index in [9.17, 15) is 9.59 Å². The Balaban J connectivity index is 2.80. The van der Waals surface area contributed by atoms with Crippen molar-refractivity contribution in [3.8, 4) is 0 Å². The minimum atomic E-state index is -0.473. The van der Waals surface area contributed by atoms with Crippen LogP contribution in [0.4, 0.5) is 9.59 Å². The highest BCUT2D eigenvalue weighted by Gasteiger charge is 2.08. The lowest BCUT2D eigenvalue weighted by molar-refractivity contribution is 0.170. The van der Waals surface area contributed by atoms with Crippen LogP contribution in [-0.4, -0.2) is 26.4 Å². The van der Waals surface area contributed by atoms with E-state index in [2.05, 4.69) is 20.1 Å². The van der Waals surface area contributed by atoms with Gasteiger partial charge in [-0.15, -0.1) is 0 Å². The van der Waals surface area contributed by atoms with Gasteiger partial charge >= 0.3 is 12.2 Å². The fraction of sp³-hybridized carbons (Fsp3) is 0.429. The molecule has 0 atom stereocenters. The molecule has 110 valence electrons. The summed E-state index contributed by atoms with van der Waals surface area (Å²) in [6.45, 7) is 4.70. The molecule has 1 aromatic rings. The van der Waals surface area contributed by atoms with E-state index >= 15 is 0 Å². The Kier molecular flexibility index (Phi) is 5.83. The van der Waals surface area contributed by atoms with Gasteiger partial charge in [-0.2, -0.15) is 0 Å². The van der Waals surface area contributed by atoms with Crippen LogP contribution in [-0.2, 0) is 22.6 Å². The molecule has 0 aliphatic carbocycles. The highest BCUT2D eigenvalue weighted by Crippen LogP contribution is 2.16. The first kappa shape index (κ1) is 15.8. The molecule has 0 saturated carbocycles. The molecule has 20 heavy (non-hydrogen) atoms. The molecule has 2 N–H and O–H groups in total. The van der Waals surface area contributed by atoms with Crippen molar-refractivity contribution in [2.75, 3.05) is 14.2 Å². The lowest BCUT2D eigenvalue weighted by Gasteiger charge is -2.13. The maximum absolute atomic E-state index is 11.1.